The summed E-state index contributed by atoms with van der Waals surface area (Å²) < 4.78 is 39.7. The second kappa shape index (κ2) is 6.43. The molecule has 0 radical (unpaired) electrons. The summed E-state index contributed by atoms with van der Waals surface area (Å²) in [5.74, 6) is -2.82. The van der Waals surface area contributed by atoms with Crippen molar-refractivity contribution in [2.75, 3.05) is 0 Å². The summed E-state index contributed by atoms with van der Waals surface area (Å²) in [5.41, 5.74) is 5.90. The van der Waals surface area contributed by atoms with Crippen LogP contribution in [0.25, 0.3) is 0 Å². The second-order valence-electron chi connectivity index (χ2n) is 4.71. The standard InChI is InChI=1S/C13H16F3N.ClH/c14-9-6-10(12(16)11(15)7-9)13(17)8-4-2-1-3-5-8;/h6-8,13H,1-5,17H2;1H/t13-;/m1./s1. The first-order chi connectivity index (χ1) is 8.09. The molecule has 2 rings (SSSR count). The first-order valence-corrected chi connectivity index (χ1v) is 5.99. The van der Waals surface area contributed by atoms with Gasteiger partial charge in [-0.1, -0.05) is 19.3 Å². The molecule has 0 spiro atoms. The molecule has 1 aliphatic carbocycles. The molecule has 0 heterocycles. The molecule has 1 fully saturated rings. The zero-order valence-electron chi connectivity index (χ0n) is 9.96. The van der Waals surface area contributed by atoms with E-state index in [1.54, 1.807) is 0 Å². The molecular formula is C13H17ClF3N. The van der Waals surface area contributed by atoms with Gasteiger partial charge in [-0.2, -0.15) is 0 Å². The number of halogens is 4. The Bertz CT molecular complexity index is 405. The number of hydrogen-bond donors (Lipinski definition) is 1. The quantitative estimate of drug-likeness (QED) is 0.810. The van der Waals surface area contributed by atoms with Crippen molar-refractivity contribution in [3.05, 3.63) is 35.1 Å². The van der Waals surface area contributed by atoms with E-state index in [-0.39, 0.29) is 23.9 Å². The summed E-state index contributed by atoms with van der Waals surface area (Å²) >= 11 is 0. The molecule has 0 saturated heterocycles. The van der Waals surface area contributed by atoms with Crippen molar-refractivity contribution in [1.29, 1.82) is 0 Å². The summed E-state index contributed by atoms with van der Waals surface area (Å²) in [4.78, 5) is 0. The largest absolute Gasteiger partial charge is 0.324 e. The van der Waals surface area contributed by atoms with Crippen molar-refractivity contribution >= 4 is 12.4 Å². The molecule has 1 atom stereocenters. The molecule has 2 N–H and O–H groups in total. The molecule has 1 aromatic carbocycles. The van der Waals surface area contributed by atoms with Crippen LogP contribution in [0.3, 0.4) is 0 Å². The molecule has 0 aliphatic heterocycles. The predicted octanol–water partition coefficient (Wildman–Crippen LogP) is 4.11. The minimum Gasteiger partial charge on any atom is -0.324 e. The predicted molar refractivity (Wildman–Crippen MR) is 67.1 cm³/mol. The van der Waals surface area contributed by atoms with E-state index in [1.807, 2.05) is 0 Å². The average Bonchev–Trinajstić information content (AvgIpc) is 2.34. The van der Waals surface area contributed by atoms with Crippen LogP contribution in [-0.4, -0.2) is 0 Å². The highest BCUT2D eigenvalue weighted by atomic mass is 35.5. The monoisotopic (exact) mass is 279 g/mol. The molecule has 0 aromatic heterocycles. The smallest absolute Gasteiger partial charge is 0.163 e. The normalized spacial score (nSPS) is 18.2. The zero-order chi connectivity index (χ0) is 12.4. The number of rotatable bonds is 2. The highest BCUT2D eigenvalue weighted by molar-refractivity contribution is 5.85. The van der Waals surface area contributed by atoms with Crippen molar-refractivity contribution in [3.63, 3.8) is 0 Å². The molecule has 102 valence electrons. The van der Waals surface area contributed by atoms with Gasteiger partial charge in [0.2, 0.25) is 0 Å². The van der Waals surface area contributed by atoms with Crippen molar-refractivity contribution in [3.8, 4) is 0 Å². The molecule has 1 aromatic rings. The van der Waals surface area contributed by atoms with Gasteiger partial charge >= 0.3 is 0 Å². The van der Waals surface area contributed by atoms with Crippen molar-refractivity contribution in [2.24, 2.45) is 11.7 Å². The van der Waals surface area contributed by atoms with Gasteiger partial charge in [0, 0.05) is 17.7 Å². The summed E-state index contributed by atoms with van der Waals surface area (Å²) in [6.45, 7) is 0. The van der Waals surface area contributed by atoms with E-state index >= 15 is 0 Å². The van der Waals surface area contributed by atoms with Crippen molar-refractivity contribution < 1.29 is 13.2 Å². The van der Waals surface area contributed by atoms with Crippen LogP contribution in [0.5, 0.6) is 0 Å². The Kier molecular flexibility index (Phi) is 5.47. The second-order valence-corrected chi connectivity index (χ2v) is 4.71. The summed E-state index contributed by atoms with van der Waals surface area (Å²) in [7, 11) is 0. The topological polar surface area (TPSA) is 26.0 Å². The van der Waals surface area contributed by atoms with Gasteiger partial charge in [-0.25, -0.2) is 13.2 Å². The highest BCUT2D eigenvalue weighted by Crippen LogP contribution is 2.34. The van der Waals surface area contributed by atoms with E-state index in [1.165, 1.54) is 0 Å². The van der Waals surface area contributed by atoms with E-state index in [0.29, 0.717) is 6.07 Å². The lowest BCUT2D eigenvalue weighted by molar-refractivity contribution is 0.301. The molecule has 5 heteroatoms. The first kappa shape index (κ1) is 15.3. The molecule has 1 saturated carbocycles. The van der Waals surface area contributed by atoms with Gasteiger partial charge in [0.25, 0.3) is 0 Å². The molecule has 18 heavy (non-hydrogen) atoms. The van der Waals surface area contributed by atoms with Crippen molar-refractivity contribution in [1.82, 2.24) is 0 Å². The summed E-state index contributed by atoms with van der Waals surface area (Å²) in [5, 5.41) is 0. The SMILES string of the molecule is Cl.N[C@@H](c1cc(F)cc(F)c1F)C1CCCCC1. The van der Waals surface area contributed by atoms with Crippen LogP contribution < -0.4 is 5.73 Å². The average molecular weight is 280 g/mol. The van der Waals surface area contributed by atoms with Crippen LogP contribution in [-0.2, 0) is 0 Å². The van der Waals surface area contributed by atoms with E-state index in [2.05, 4.69) is 0 Å². The third-order valence-corrected chi connectivity index (χ3v) is 3.54. The van der Waals surface area contributed by atoms with Crippen LogP contribution in [0.2, 0.25) is 0 Å². The molecular weight excluding hydrogens is 263 g/mol. The lowest BCUT2D eigenvalue weighted by Gasteiger charge is -2.28. The Morgan fingerprint density at radius 1 is 1.06 bits per heavy atom. The maximum atomic E-state index is 13.6. The number of benzene rings is 1. The Morgan fingerprint density at radius 2 is 1.67 bits per heavy atom. The van der Waals surface area contributed by atoms with Crippen LogP contribution in [0.15, 0.2) is 12.1 Å². The summed E-state index contributed by atoms with van der Waals surface area (Å²) in [6, 6.07) is 0.949. The van der Waals surface area contributed by atoms with E-state index in [0.717, 1.165) is 38.2 Å². The molecule has 0 bridgehead atoms. The van der Waals surface area contributed by atoms with Gasteiger partial charge in [-0.05, 0) is 24.8 Å². The maximum absolute atomic E-state index is 13.6. The minimum absolute atomic E-state index is 0. The fraction of sp³-hybridized carbons (Fsp3) is 0.538. The minimum atomic E-state index is -1.16. The summed E-state index contributed by atoms with van der Waals surface area (Å²) in [6.07, 6.45) is 5.07. The van der Waals surface area contributed by atoms with E-state index in [9.17, 15) is 13.2 Å². The third-order valence-electron chi connectivity index (χ3n) is 3.54. The fourth-order valence-electron chi connectivity index (χ4n) is 2.57. The van der Waals surface area contributed by atoms with Crippen LogP contribution >= 0.6 is 12.4 Å². The van der Waals surface area contributed by atoms with Gasteiger partial charge in [0.1, 0.15) is 5.82 Å². The first-order valence-electron chi connectivity index (χ1n) is 5.99. The van der Waals surface area contributed by atoms with Crippen LogP contribution in [0.1, 0.15) is 43.7 Å². The molecule has 0 unspecified atom stereocenters. The Hall–Kier alpha value is -0.740. The zero-order valence-corrected chi connectivity index (χ0v) is 10.8. The van der Waals surface area contributed by atoms with Gasteiger partial charge in [-0.15, -0.1) is 12.4 Å². The lowest BCUT2D eigenvalue weighted by Crippen LogP contribution is -2.25. The Morgan fingerprint density at radius 3 is 2.28 bits per heavy atom. The van der Waals surface area contributed by atoms with E-state index in [4.69, 9.17) is 5.73 Å². The van der Waals surface area contributed by atoms with Gasteiger partial charge in [-0.3, -0.25) is 0 Å². The maximum Gasteiger partial charge on any atom is 0.163 e. The lowest BCUT2D eigenvalue weighted by atomic mass is 9.81. The number of nitrogens with two attached hydrogens (primary N) is 1. The Labute approximate surface area is 111 Å². The Balaban J connectivity index is 0.00000162. The molecule has 1 aliphatic rings. The molecule has 0 amide bonds. The van der Waals surface area contributed by atoms with Crippen LogP contribution in [0, 0.1) is 23.4 Å². The van der Waals surface area contributed by atoms with Crippen LogP contribution in [0.4, 0.5) is 13.2 Å². The van der Waals surface area contributed by atoms with E-state index < -0.39 is 23.5 Å². The third kappa shape index (κ3) is 3.18. The van der Waals surface area contributed by atoms with Gasteiger partial charge in [0.05, 0.1) is 0 Å². The van der Waals surface area contributed by atoms with Gasteiger partial charge in [0.15, 0.2) is 11.6 Å². The number of hydrogen-bond acceptors (Lipinski definition) is 1. The molecule has 1 nitrogen and oxygen atoms in total. The van der Waals surface area contributed by atoms with Crippen molar-refractivity contribution in [2.45, 2.75) is 38.1 Å². The van der Waals surface area contributed by atoms with Gasteiger partial charge < -0.3 is 5.73 Å². The highest BCUT2D eigenvalue weighted by Gasteiger charge is 2.25. The fourth-order valence-corrected chi connectivity index (χ4v) is 2.57.